The lowest BCUT2D eigenvalue weighted by molar-refractivity contribution is 0.0697. The molecule has 0 heterocycles. The van der Waals surface area contributed by atoms with E-state index in [9.17, 15) is 9.90 Å². The lowest BCUT2D eigenvalue weighted by Crippen LogP contribution is -1.96. The molecule has 0 unspecified atom stereocenters. The molecule has 0 fully saturated rings. The molecule has 0 saturated carbocycles. The van der Waals surface area contributed by atoms with E-state index in [2.05, 4.69) is 43.3 Å². The summed E-state index contributed by atoms with van der Waals surface area (Å²) in [6.45, 7) is 2.18. The van der Waals surface area contributed by atoms with Crippen LogP contribution in [-0.4, -0.2) is 11.1 Å². The van der Waals surface area contributed by atoms with Crippen LogP contribution in [0.5, 0.6) is 0 Å². The molecule has 0 radical (unpaired) electrons. The Labute approximate surface area is 140 Å². The molecule has 1 N–H and O–H groups in total. The van der Waals surface area contributed by atoms with E-state index in [0.29, 0.717) is 5.56 Å². The van der Waals surface area contributed by atoms with Crippen LogP contribution in [0.2, 0.25) is 0 Å². The van der Waals surface area contributed by atoms with Crippen molar-refractivity contribution in [2.45, 2.75) is 19.8 Å². The monoisotopic (exact) mass is 314 g/mol. The molecule has 2 nitrogen and oxygen atoms in total. The Kier molecular flexibility index (Phi) is 3.46. The Morgan fingerprint density at radius 2 is 1.38 bits per heavy atom. The van der Waals surface area contributed by atoms with Gasteiger partial charge in [0.2, 0.25) is 0 Å². The average molecular weight is 314 g/mol. The van der Waals surface area contributed by atoms with E-state index < -0.39 is 5.97 Å². The first-order valence-corrected chi connectivity index (χ1v) is 8.29. The molecule has 24 heavy (non-hydrogen) atoms. The van der Waals surface area contributed by atoms with Gasteiger partial charge in [0.05, 0.1) is 5.56 Å². The SMILES string of the molecule is CCCc1ccc2c(c1)c1ccccc1c1ccc(C(=O)O)cc12. The zero-order valence-electron chi connectivity index (χ0n) is 13.5. The highest BCUT2D eigenvalue weighted by molar-refractivity contribution is 6.25. The second-order valence-electron chi connectivity index (χ2n) is 6.24. The molecular formula is C22H18O2. The Hall–Kier alpha value is -2.87. The van der Waals surface area contributed by atoms with Gasteiger partial charge in [-0.1, -0.05) is 61.9 Å². The fourth-order valence-electron chi connectivity index (χ4n) is 3.58. The third-order valence-electron chi connectivity index (χ3n) is 4.69. The van der Waals surface area contributed by atoms with E-state index in [1.807, 2.05) is 12.1 Å². The molecule has 0 amide bonds. The molecule has 0 aliphatic carbocycles. The highest BCUT2D eigenvalue weighted by atomic mass is 16.4. The van der Waals surface area contributed by atoms with Crippen LogP contribution in [0.1, 0.15) is 29.3 Å². The summed E-state index contributed by atoms with van der Waals surface area (Å²) in [6, 6.07) is 20.3. The second-order valence-corrected chi connectivity index (χ2v) is 6.24. The number of benzene rings is 4. The first-order chi connectivity index (χ1) is 11.7. The summed E-state index contributed by atoms with van der Waals surface area (Å²) in [5, 5.41) is 16.2. The maximum absolute atomic E-state index is 11.4. The number of hydrogen-bond donors (Lipinski definition) is 1. The fourth-order valence-corrected chi connectivity index (χ4v) is 3.58. The second kappa shape index (κ2) is 5.64. The average Bonchev–Trinajstić information content (AvgIpc) is 2.61. The summed E-state index contributed by atoms with van der Waals surface area (Å²) in [5.41, 5.74) is 1.65. The molecule has 0 aliphatic heterocycles. The van der Waals surface area contributed by atoms with E-state index in [4.69, 9.17) is 0 Å². The van der Waals surface area contributed by atoms with Crippen LogP contribution < -0.4 is 0 Å². The highest BCUT2D eigenvalue weighted by Gasteiger charge is 2.11. The minimum atomic E-state index is -0.888. The van der Waals surface area contributed by atoms with Gasteiger partial charge in [0.25, 0.3) is 0 Å². The number of aryl methyl sites for hydroxylation is 1. The van der Waals surface area contributed by atoms with Crippen LogP contribution >= 0.6 is 0 Å². The van der Waals surface area contributed by atoms with Gasteiger partial charge in [0.1, 0.15) is 0 Å². The standard InChI is InChI=1S/C22H18O2/c1-2-5-14-8-10-19-20(12-14)17-7-4-3-6-16(17)18-11-9-15(22(23)24)13-21(18)19/h3-4,6-13H,2,5H2,1H3,(H,23,24). The molecule has 4 aromatic carbocycles. The third-order valence-corrected chi connectivity index (χ3v) is 4.69. The predicted molar refractivity (Wildman–Crippen MR) is 99.9 cm³/mol. The molecule has 4 aromatic rings. The molecule has 0 aliphatic rings. The van der Waals surface area contributed by atoms with Crippen LogP contribution in [0.3, 0.4) is 0 Å². The molecule has 2 heteroatoms. The van der Waals surface area contributed by atoms with Crippen molar-refractivity contribution in [2.75, 3.05) is 0 Å². The van der Waals surface area contributed by atoms with E-state index in [0.717, 1.165) is 29.0 Å². The number of carbonyl (C=O) groups is 1. The Bertz CT molecular complexity index is 1090. The van der Waals surface area contributed by atoms with Crippen molar-refractivity contribution in [1.29, 1.82) is 0 Å². The van der Waals surface area contributed by atoms with Crippen LogP contribution in [0.25, 0.3) is 32.3 Å². The predicted octanol–water partition coefficient (Wildman–Crippen LogP) is 5.80. The third kappa shape index (κ3) is 2.23. The molecule has 0 spiro atoms. The van der Waals surface area contributed by atoms with Crippen LogP contribution in [0.4, 0.5) is 0 Å². The molecular weight excluding hydrogens is 296 g/mol. The van der Waals surface area contributed by atoms with Gasteiger partial charge in [-0.25, -0.2) is 4.79 Å². The molecule has 0 saturated heterocycles. The quantitative estimate of drug-likeness (QED) is 0.485. The normalized spacial score (nSPS) is 11.4. The number of aromatic carboxylic acids is 1. The van der Waals surface area contributed by atoms with Gasteiger partial charge in [0, 0.05) is 0 Å². The first kappa shape index (κ1) is 14.7. The van der Waals surface area contributed by atoms with Crippen molar-refractivity contribution >= 4 is 38.3 Å². The number of rotatable bonds is 3. The first-order valence-electron chi connectivity index (χ1n) is 8.29. The number of carboxylic acids is 1. The van der Waals surface area contributed by atoms with Gasteiger partial charge in [0.15, 0.2) is 0 Å². The minimum Gasteiger partial charge on any atom is -0.478 e. The maximum atomic E-state index is 11.4. The van der Waals surface area contributed by atoms with Crippen molar-refractivity contribution < 1.29 is 9.90 Å². The molecule has 4 rings (SSSR count). The molecule has 118 valence electrons. The molecule has 0 aromatic heterocycles. The van der Waals surface area contributed by atoms with E-state index >= 15 is 0 Å². The van der Waals surface area contributed by atoms with Gasteiger partial charge >= 0.3 is 5.97 Å². The minimum absolute atomic E-state index is 0.330. The highest BCUT2D eigenvalue weighted by Crippen LogP contribution is 2.36. The van der Waals surface area contributed by atoms with Gasteiger partial charge in [-0.3, -0.25) is 0 Å². The Balaban J connectivity index is 2.20. The van der Waals surface area contributed by atoms with Crippen LogP contribution in [-0.2, 0) is 6.42 Å². The Morgan fingerprint density at radius 1 is 0.792 bits per heavy atom. The zero-order valence-corrected chi connectivity index (χ0v) is 13.5. The lowest BCUT2D eigenvalue weighted by Gasteiger charge is -2.12. The summed E-state index contributed by atoms with van der Waals surface area (Å²) in [5.74, 6) is -0.888. The number of hydrogen-bond acceptors (Lipinski definition) is 1. The maximum Gasteiger partial charge on any atom is 0.335 e. The zero-order chi connectivity index (χ0) is 16.7. The van der Waals surface area contributed by atoms with Crippen molar-refractivity contribution in [2.24, 2.45) is 0 Å². The number of fused-ring (bicyclic) bond motifs is 6. The van der Waals surface area contributed by atoms with E-state index in [1.54, 1.807) is 12.1 Å². The van der Waals surface area contributed by atoms with E-state index in [-0.39, 0.29) is 0 Å². The largest absolute Gasteiger partial charge is 0.478 e. The summed E-state index contributed by atoms with van der Waals surface area (Å²) in [4.78, 5) is 11.4. The van der Waals surface area contributed by atoms with Crippen molar-refractivity contribution in [1.82, 2.24) is 0 Å². The fraction of sp³-hybridized carbons (Fsp3) is 0.136. The summed E-state index contributed by atoms with van der Waals surface area (Å²) >= 11 is 0. The van der Waals surface area contributed by atoms with Crippen molar-refractivity contribution in [3.05, 3.63) is 71.8 Å². The summed E-state index contributed by atoms with van der Waals surface area (Å²) in [6.07, 6.45) is 2.16. The van der Waals surface area contributed by atoms with E-state index in [1.165, 1.54) is 21.7 Å². The topological polar surface area (TPSA) is 37.3 Å². The van der Waals surface area contributed by atoms with Crippen LogP contribution in [0.15, 0.2) is 60.7 Å². The van der Waals surface area contributed by atoms with Gasteiger partial charge in [-0.15, -0.1) is 0 Å². The van der Waals surface area contributed by atoms with Gasteiger partial charge < -0.3 is 5.11 Å². The smallest absolute Gasteiger partial charge is 0.335 e. The molecule has 0 atom stereocenters. The van der Waals surface area contributed by atoms with Crippen LogP contribution in [0, 0.1) is 0 Å². The molecule has 0 bridgehead atoms. The van der Waals surface area contributed by atoms with Gasteiger partial charge in [-0.05, 0) is 56.4 Å². The van der Waals surface area contributed by atoms with Crippen molar-refractivity contribution in [3.63, 3.8) is 0 Å². The lowest BCUT2D eigenvalue weighted by atomic mass is 9.92. The van der Waals surface area contributed by atoms with Gasteiger partial charge in [-0.2, -0.15) is 0 Å². The summed E-state index contributed by atoms with van der Waals surface area (Å²) in [7, 11) is 0. The Morgan fingerprint density at radius 3 is 2.08 bits per heavy atom. The summed E-state index contributed by atoms with van der Waals surface area (Å²) < 4.78 is 0. The van der Waals surface area contributed by atoms with Crippen molar-refractivity contribution in [3.8, 4) is 0 Å². The number of carboxylic acid groups (broad SMARTS) is 1.